The number of aromatic amines is 1. The molecule has 1 N–H and O–H groups in total. The van der Waals surface area contributed by atoms with E-state index in [9.17, 15) is 4.79 Å². The van der Waals surface area contributed by atoms with E-state index in [4.69, 9.17) is 9.84 Å². The zero-order valence-electron chi connectivity index (χ0n) is 20.1. The minimum Gasteiger partial charge on any atom is -0.462 e. The summed E-state index contributed by atoms with van der Waals surface area (Å²) in [6, 6.07) is 16.3. The quantitative estimate of drug-likeness (QED) is 0.353. The number of esters is 1. The van der Waals surface area contributed by atoms with Crippen LogP contribution >= 0.6 is 0 Å². The predicted molar refractivity (Wildman–Crippen MR) is 130 cm³/mol. The Bertz CT molecular complexity index is 1240. The molecule has 34 heavy (non-hydrogen) atoms. The number of aromatic nitrogens is 6. The van der Waals surface area contributed by atoms with Gasteiger partial charge in [-0.15, -0.1) is 10.2 Å². The van der Waals surface area contributed by atoms with Crippen molar-refractivity contribution in [2.24, 2.45) is 0 Å². The summed E-state index contributed by atoms with van der Waals surface area (Å²) in [6.45, 7) is 9.14. The maximum Gasteiger partial charge on any atom is 0.341 e. The predicted octanol–water partition coefficient (Wildman–Crippen LogP) is 5.03. The summed E-state index contributed by atoms with van der Waals surface area (Å²) < 4.78 is 7.38. The fourth-order valence-corrected chi connectivity index (χ4v) is 4.12. The summed E-state index contributed by atoms with van der Waals surface area (Å²) in [6.07, 6.45) is 1.53. The van der Waals surface area contributed by atoms with Gasteiger partial charge in [-0.05, 0) is 41.2 Å². The van der Waals surface area contributed by atoms with Crippen LogP contribution in [0, 0.1) is 0 Å². The molecule has 4 aromatic rings. The molecule has 8 heteroatoms. The normalized spacial score (nSPS) is 11.2. The van der Waals surface area contributed by atoms with Crippen molar-refractivity contribution in [2.45, 2.75) is 53.0 Å². The van der Waals surface area contributed by atoms with Gasteiger partial charge in [0.1, 0.15) is 5.56 Å². The van der Waals surface area contributed by atoms with Crippen LogP contribution in [-0.2, 0) is 17.7 Å². The number of carbonyl (C=O) groups excluding carboxylic acids is 1. The van der Waals surface area contributed by atoms with Crippen LogP contribution in [0.25, 0.3) is 22.5 Å². The van der Waals surface area contributed by atoms with E-state index >= 15 is 0 Å². The number of aryl methyl sites for hydroxylation is 1. The van der Waals surface area contributed by atoms with E-state index in [0.29, 0.717) is 24.4 Å². The van der Waals surface area contributed by atoms with E-state index in [2.05, 4.69) is 65.7 Å². The van der Waals surface area contributed by atoms with Crippen molar-refractivity contribution in [3.63, 3.8) is 0 Å². The lowest BCUT2D eigenvalue weighted by atomic mass is 9.96. The van der Waals surface area contributed by atoms with Gasteiger partial charge in [0.25, 0.3) is 0 Å². The number of nitrogens with zero attached hydrogens (tertiary/aromatic N) is 5. The summed E-state index contributed by atoms with van der Waals surface area (Å²) in [4.78, 5) is 12.9. The molecule has 2 aromatic carbocycles. The van der Waals surface area contributed by atoms with Crippen molar-refractivity contribution in [1.29, 1.82) is 0 Å². The lowest BCUT2D eigenvalue weighted by Gasteiger charge is -2.11. The van der Waals surface area contributed by atoms with E-state index in [1.54, 1.807) is 0 Å². The molecule has 0 radical (unpaired) electrons. The molecule has 0 unspecified atom stereocenters. The Labute approximate surface area is 199 Å². The minimum absolute atomic E-state index is 0.125. The van der Waals surface area contributed by atoms with Crippen molar-refractivity contribution < 1.29 is 9.53 Å². The van der Waals surface area contributed by atoms with Gasteiger partial charge in [-0.3, -0.25) is 4.68 Å². The van der Waals surface area contributed by atoms with Crippen LogP contribution < -0.4 is 0 Å². The Kier molecular flexibility index (Phi) is 7.15. The lowest BCUT2D eigenvalue weighted by molar-refractivity contribution is 0.0523. The number of rotatable bonds is 9. The molecule has 0 aliphatic heterocycles. The SMILES string of the molecule is CCCn1nc(C(C)C)c(C(=O)OCC)c1Cc1ccc(-c2ccccc2-c2nn[nH]n2)cc1. The fraction of sp³-hybridized carbons (Fsp3) is 0.346. The number of hydrogen-bond acceptors (Lipinski definition) is 6. The number of carbonyl (C=O) groups is 1. The van der Waals surface area contributed by atoms with Crippen molar-refractivity contribution >= 4 is 5.97 Å². The Morgan fingerprint density at radius 3 is 2.41 bits per heavy atom. The lowest BCUT2D eigenvalue weighted by Crippen LogP contribution is -2.12. The van der Waals surface area contributed by atoms with Crippen LogP contribution in [0.2, 0.25) is 0 Å². The number of hydrogen-bond donors (Lipinski definition) is 1. The second-order valence-corrected chi connectivity index (χ2v) is 8.46. The van der Waals surface area contributed by atoms with Gasteiger partial charge in [0.15, 0.2) is 0 Å². The average Bonchev–Trinajstić information content (AvgIpc) is 3.49. The van der Waals surface area contributed by atoms with Crippen LogP contribution in [-0.4, -0.2) is 43.0 Å². The van der Waals surface area contributed by atoms with Crippen molar-refractivity contribution in [2.75, 3.05) is 6.61 Å². The molecular weight excluding hydrogens is 428 g/mol. The fourth-order valence-electron chi connectivity index (χ4n) is 4.12. The Balaban J connectivity index is 1.69. The van der Waals surface area contributed by atoms with Crippen molar-refractivity contribution in [1.82, 2.24) is 30.4 Å². The molecule has 0 saturated heterocycles. The van der Waals surface area contributed by atoms with Crippen LogP contribution in [0.5, 0.6) is 0 Å². The van der Waals surface area contributed by atoms with Gasteiger partial charge in [0.2, 0.25) is 5.82 Å². The second-order valence-electron chi connectivity index (χ2n) is 8.46. The summed E-state index contributed by atoms with van der Waals surface area (Å²) in [5.41, 5.74) is 6.41. The zero-order chi connectivity index (χ0) is 24.1. The van der Waals surface area contributed by atoms with Crippen LogP contribution in [0.1, 0.15) is 67.3 Å². The van der Waals surface area contributed by atoms with Gasteiger partial charge in [-0.1, -0.05) is 69.3 Å². The molecule has 0 fully saturated rings. The zero-order valence-corrected chi connectivity index (χ0v) is 20.1. The molecule has 2 heterocycles. The third-order valence-electron chi connectivity index (χ3n) is 5.70. The average molecular weight is 459 g/mol. The molecule has 0 atom stereocenters. The number of benzene rings is 2. The standard InChI is InChI=1S/C26H30N6O2/c1-5-15-32-22(23(26(33)34-6-2)24(29-32)17(3)4)16-18-11-13-19(14-12-18)20-9-7-8-10-21(20)25-27-30-31-28-25/h7-14,17H,5-6,15-16H2,1-4H3,(H,27,28,30,31). The first-order valence-corrected chi connectivity index (χ1v) is 11.7. The monoisotopic (exact) mass is 458 g/mol. The van der Waals surface area contributed by atoms with Crippen LogP contribution in [0.3, 0.4) is 0 Å². The molecular formula is C26H30N6O2. The van der Waals surface area contributed by atoms with Gasteiger partial charge < -0.3 is 4.74 Å². The van der Waals surface area contributed by atoms with Crippen LogP contribution in [0.4, 0.5) is 0 Å². The smallest absolute Gasteiger partial charge is 0.341 e. The highest BCUT2D eigenvalue weighted by Crippen LogP contribution is 2.31. The molecule has 176 valence electrons. The summed E-state index contributed by atoms with van der Waals surface area (Å²) >= 11 is 0. The van der Waals surface area contributed by atoms with Gasteiger partial charge in [-0.2, -0.15) is 10.3 Å². The molecule has 0 bridgehead atoms. The second kappa shape index (κ2) is 10.4. The maximum atomic E-state index is 12.9. The molecule has 4 rings (SSSR count). The van der Waals surface area contributed by atoms with Crippen molar-refractivity contribution in [3.05, 3.63) is 71.0 Å². The molecule has 8 nitrogen and oxygen atoms in total. The summed E-state index contributed by atoms with van der Waals surface area (Å²) in [7, 11) is 0. The minimum atomic E-state index is -0.297. The van der Waals surface area contributed by atoms with Gasteiger partial charge in [-0.25, -0.2) is 4.79 Å². The largest absolute Gasteiger partial charge is 0.462 e. The molecule has 0 spiro atoms. The Hall–Kier alpha value is -3.81. The maximum absolute atomic E-state index is 12.9. The van der Waals surface area contributed by atoms with Crippen molar-refractivity contribution in [3.8, 4) is 22.5 Å². The molecule has 0 aliphatic rings. The first-order chi connectivity index (χ1) is 16.5. The third-order valence-corrected chi connectivity index (χ3v) is 5.70. The molecule has 0 aliphatic carbocycles. The third kappa shape index (κ3) is 4.76. The topological polar surface area (TPSA) is 98.6 Å². The first-order valence-electron chi connectivity index (χ1n) is 11.7. The summed E-state index contributed by atoms with van der Waals surface area (Å²) in [5, 5.41) is 19.3. The van der Waals surface area contributed by atoms with E-state index in [1.807, 2.05) is 35.9 Å². The first kappa shape index (κ1) is 23.4. The number of ether oxygens (including phenoxy) is 1. The highest BCUT2D eigenvalue weighted by Gasteiger charge is 2.26. The van der Waals surface area contributed by atoms with Gasteiger partial charge in [0, 0.05) is 18.5 Å². The van der Waals surface area contributed by atoms with Crippen LogP contribution in [0.15, 0.2) is 48.5 Å². The molecule has 2 aromatic heterocycles. The van der Waals surface area contributed by atoms with E-state index in [0.717, 1.165) is 46.6 Å². The van der Waals surface area contributed by atoms with Gasteiger partial charge >= 0.3 is 5.97 Å². The van der Waals surface area contributed by atoms with E-state index < -0.39 is 0 Å². The number of H-pyrrole nitrogens is 1. The summed E-state index contributed by atoms with van der Waals surface area (Å²) in [5.74, 6) is 0.387. The van der Waals surface area contributed by atoms with E-state index in [1.165, 1.54) is 0 Å². The Morgan fingerprint density at radius 1 is 1.06 bits per heavy atom. The molecule has 0 saturated carbocycles. The highest BCUT2D eigenvalue weighted by atomic mass is 16.5. The number of tetrazole rings is 1. The number of nitrogens with one attached hydrogen (secondary N) is 1. The van der Waals surface area contributed by atoms with E-state index in [-0.39, 0.29) is 11.9 Å². The Morgan fingerprint density at radius 2 is 1.79 bits per heavy atom. The molecule has 0 amide bonds. The highest BCUT2D eigenvalue weighted by molar-refractivity contribution is 5.92. The van der Waals surface area contributed by atoms with Gasteiger partial charge in [0.05, 0.1) is 18.0 Å².